The van der Waals surface area contributed by atoms with Crippen LogP contribution in [0.15, 0.2) is 52.9 Å². The van der Waals surface area contributed by atoms with Crippen molar-refractivity contribution >= 4 is 40.0 Å². The van der Waals surface area contributed by atoms with E-state index in [9.17, 15) is 9.90 Å². The van der Waals surface area contributed by atoms with Crippen LogP contribution >= 0.6 is 12.2 Å². The predicted octanol–water partition coefficient (Wildman–Crippen LogP) is 5.56. The number of amides is 1. The summed E-state index contributed by atoms with van der Waals surface area (Å²) in [7, 11) is 0. The van der Waals surface area contributed by atoms with Crippen LogP contribution in [0.1, 0.15) is 32.6 Å². The first-order valence-electron chi connectivity index (χ1n) is 10.1. The van der Waals surface area contributed by atoms with Crippen molar-refractivity contribution in [2.24, 2.45) is 0 Å². The van der Waals surface area contributed by atoms with Crippen LogP contribution in [-0.4, -0.2) is 21.1 Å². The van der Waals surface area contributed by atoms with Crippen LogP contribution in [0.25, 0.3) is 22.6 Å². The molecule has 0 atom stereocenters. The molecular formula is C25H23N3O3S. The minimum Gasteiger partial charge on any atom is -0.507 e. The van der Waals surface area contributed by atoms with Crippen LogP contribution in [0.2, 0.25) is 0 Å². The summed E-state index contributed by atoms with van der Waals surface area (Å²) in [6, 6.07) is 14.5. The van der Waals surface area contributed by atoms with E-state index in [1.807, 2.05) is 45.9 Å². The van der Waals surface area contributed by atoms with E-state index in [0.29, 0.717) is 28.3 Å². The molecule has 0 bridgehead atoms. The first-order chi connectivity index (χ1) is 15.2. The molecule has 3 N–H and O–H groups in total. The molecular weight excluding hydrogens is 422 g/mol. The number of fused-ring (bicyclic) bond motifs is 1. The Balaban J connectivity index is 1.50. The molecule has 32 heavy (non-hydrogen) atoms. The van der Waals surface area contributed by atoms with Gasteiger partial charge in [-0.2, -0.15) is 0 Å². The number of carbonyl (C=O) groups excluding carboxylic acids is 1. The minimum atomic E-state index is -0.299. The number of aromatic hydroxyl groups is 1. The smallest absolute Gasteiger partial charge is 0.257 e. The molecule has 4 aromatic rings. The van der Waals surface area contributed by atoms with Crippen LogP contribution < -0.4 is 10.6 Å². The summed E-state index contributed by atoms with van der Waals surface area (Å²) < 4.78 is 5.89. The quantitative estimate of drug-likeness (QED) is 0.358. The van der Waals surface area contributed by atoms with Gasteiger partial charge in [-0.3, -0.25) is 10.1 Å². The number of aryl methyl sites for hydroxylation is 4. The number of nitrogens with zero attached hydrogens (tertiary/aromatic N) is 1. The summed E-state index contributed by atoms with van der Waals surface area (Å²) in [6.07, 6.45) is 0. The van der Waals surface area contributed by atoms with E-state index in [1.54, 1.807) is 24.3 Å². The monoisotopic (exact) mass is 445 g/mol. The maximum Gasteiger partial charge on any atom is 0.257 e. The second-order valence-corrected chi connectivity index (χ2v) is 8.37. The molecule has 7 heteroatoms. The molecule has 1 amide bonds. The molecule has 162 valence electrons. The molecule has 0 aliphatic carbocycles. The van der Waals surface area contributed by atoms with Crippen LogP contribution in [0, 0.1) is 27.7 Å². The van der Waals surface area contributed by atoms with Crippen LogP contribution in [0.5, 0.6) is 5.75 Å². The lowest BCUT2D eigenvalue weighted by Crippen LogP contribution is -2.34. The van der Waals surface area contributed by atoms with Gasteiger partial charge in [-0.25, -0.2) is 4.98 Å². The number of oxazole rings is 1. The lowest BCUT2D eigenvalue weighted by Gasteiger charge is -2.11. The van der Waals surface area contributed by atoms with Crippen molar-refractivity contribution in [1.29, 1.82) is 0 Å². The molecule has 0 spiro atoms. The zero-order chi connectivity index (χ0) is 23.0. The molecule has 0 aliphatic heterocycles. The van der Waals surface area contributed by atoms with E-state index >= 15 is 0 Å². The summed E-state index contributed by atoms with van der Waals surface area (Å²) in [5, 5.41) is 16.3. The Bertz CT molecular complexity index is 1350. The molecule has 6 nitrogen and oxygen atoms in total. The van der Waals surface area contributed by atoms with Crippen molar-refractivity contribution in [3.05, 3.63) is 76.3 Å². The summed E-state index contributed by atoms with van der Waals surface area (Å²) >= 11 is 5.26. The minimum absolute atomic E-state index is 0.0145. The molecule has 1 heterocycles. The van der Waals surface area contributed by atoms with Crippen LogP contribution in [0.4, 0.5) is 5.69 Å². The number of aromatic nitrogens is 1. The highest BCUT2D eigenvalue weighted by Crippen LogP contribution is 2.34. The molecule has 0 fully saturated rings. The first-order valence-corrected chi connectivity index (χ1v) is 10.5. The molecule has 0 unspecified atom stereocenters. The number of benzene rings is 3. The number of phenolic OH excluding ortho intramolecular Hbond substituents is 1. The second kappa shape index (κ2) is 8.43. The van der Waals surface area contributed by atoms with Gasteiger partial charge in [0.2, 0.25) is 5.89 Å². The first kappa shape index (κ1) is 21.5. The normalized spacial score (nSPS) is 10.9. The maximum absolute atomic E-state index is 12.5. The van der Waals surface area contributed by atoms with Crippen molar-refractivity contribution in [3.8, 4) is 17.2 Å². The maximum atomic E-state index is 12.5. The zero-order valence-corrected chi connectivity index (χ0v) is 19.1. The third kappa shape index (κ3) is 4.48. The molecule has 0 saturated heterocycles. The van der Waals surface area contributed by atoms with Crippen molar-refractivity contribution in [2.75, 3.05) is 5.32 Å². The van der Waals surface area contributed by atoms with Gasteiger partial charge < -0.3 is 14.8 Å². The van der Waals surface area contributed by atoms with Gasteiger partial charge in [0.25, 0.3) is 5.91 Å². The number of rotatable bonds is 3. The Kier molecular flexibility index (Phi) is 5.67. The van der Waals surface area contributed by atoms with E-state index < -0.39 is 0 Å². The summed E-state index contributed by atoms with van der Waals surface area (Å²) in [6.45, 7) is 7.83. The zero-order valence-electron chi connectivity index (χ0n) is 18.2. The molecule has 4 rings (SSSR count). The Morgan fingerprint density at radius 1 is 0.969 bits per heavy atom. The van der Waals surface area contributed by atoms with E-state index in [-0.39, 0.29) is 16.8 Å². The molecule has 3 aromatic carbocycles. The largest absolute Gasteiger partial charge is 0.507 e. The van der Waals surface area contributed by atoms with E-state index in [0.717, 1.165) is 27.8 Å². The Hall–Kier alpha value is -3.71. The second-order valence-electron chi connectivity index (χ2n) is 7.97. The van der Waals surface area contributed by atoms with Crippen LogP contribution in [0.3, 0.4) is 0 Å². The number of hydrogen-bond acceptors (Lipinski definition) is 5. The van der Waals surface area contributed by atoms with Gasteiger partial charge in [-0.1, -0.05) is 23.3 Å². The molecule has 0 radical (unpaired) electrons. The fourth-order valence-corrected chi connectivity index (χ4v) is 3.94. The summed E-state index contributed by atoms with van der Waals surface area (Å²) in [5.74, 6) is 0.0232. The van der Waals surface area contributed by atoms with Crippen molar-refractivity contribution < 1.29 is 14.3 Å². The highest BCUT2D eigenvalue weighted by molar-refractivity contribution is 7.80. The number of thiocarbonyl (C=S) groups is 1. The van der Waals surface area contributed by atoms with Crippen molar-refractivity contribution in [1.82, 2.24) is 10.3 Å². The van der Waals surface area contributed by atoms with Gasteiger partial charge in [-0.15, -0.1) is 0 Å². The van der Waals surface area contributed by atoms with Gasteiger partial charge in [0.15, 0.2) is 10.7 Å². The highest BCUT2D eigenvalue weighted by atomic mass is 32.1. The van der Waals surface area contributed by atoms with Gasteiger partial charge in [0, 0.05) is 17.3 Å². The predicted molar refractivity (Wildman–Crippen MR) is 130 cm³/mol. The van der Waals surface area contributed by atoms with E-state index in [4.69, 9.17) is 16.6 Å². The van der Waals surface area contributed by atoms with Crippen molar-refractivity contribution in [3.63, 3.8) is 0 Å². The fraction of sp³-hybridized carbons (Fsp3) is 0.160. The summed E-state index contributed by atoms with van der Waals surface area (Å²) in [4.78, 5) is 17.0. The average molecular weight is 446 g/mol. The average Bonchev–Trinajstić information content (AvgIpc) is 3.11. The standard InChI is InChI=1S/C25H23N3O3S/c1-13-7-14(2)10-17(9-13)23(30)28-25(32)26-18-5-6-19(21(29)12-18)24-27-20-11-15(3)8-16(4)22(20)31-24/h5-12,29H,1-4H3,(H2,26,28,30,32). The number of carbonyl (C=O) groups is 1. The Morgan fingerprint density at radius 3 is 2.34 bits per heavy atom. The summed E-state index contributed by atoms with van der Waals surface area (Å²) in [5.41, 5.74) is 7.05. The highest BCUT2D eigenvalue weighted by Gasteiger charge is 2.15. The number of phenols is 1. The van der Waals surface area contributed by atoms with Crippen molar-refractivity contribution in [2.45, 2.75) is 27.7 Å². The Labute approximate surface area is 191 Å². The lowest BCUT2D eigenvalue weighted by atomic mass is 10.1. The van der Waals surface area contributed by atoms with Gasteiger partial charge >= 0.3 is 0 Å². The van der Waals surface area contributed by atoms with Gasteiger partial charge in [0.05, 0.1) is 5.56 Å². The molecule has 1 aromatic heterocycles. The third-order valence-corrected chi connectivity index (χ3v) is 5.22. The topological polar surface area (TPSA) is 87.4 Å². The lowest BCUT2D eigenvalue weighted by molar-refractivity contribution is 0.0977. The third-order valence-electron chi connectivity index (χ3n) is 5.02. The van der Waals surface area contributed by atoms with Crippen LogP contribution in [-0.2, 0) is 0 Å². The van der Waals surface area contributed by atoms with E-state index in [2.05, 4.69) is 15.6 Å². The van der Waals surface area contributed by atoms with Gasteiger partial charge in [-0.05, 0) is 81.4 Å². The SMILES string of the molecule is Cc1cc(C)cc(C(=O)NC(=S)Nc2ccc(-c3nc4cc(C)cc(C)c4o3)c(O)c2)c1. The van der Waals surface area contributed by atoms with Gasteiger partial charge in [0.1, 0.15) is 11.3 Å². The van der Waals surface area contributed by atoms with E-state index in [1.165, 1.54) is 6.07 Å². The molecule has 0 saturated carbocycles. The number of hydrogen-bond donors (Lipinski definition) is 3. The molecule has 0 aliphatic rings. The Morgan fingerprint density at radius 2 is 1.66 bits per heavy atom. The number of nitrogens with one attached hydrogen (secondary N) is 2. The number of anilines is 1. The fourth-order valence-electron chi connectivity index (χ4n) is 3.73.